The van der Waals surface area contributed by atoms with Gasteiger partial charge in [-0.05, 0) is 50.0 Å². The molecule has 0 aromatic carbocycles. The maximum Gasteiger partial charge on any atom is 0.241 e. The van der Waals surface area contributed by atoms with Crippen LogP contribution in [0, 0.1) is 11.8 Å². The van der Waals surface area contributed by atoms with Crippen LogP contribution in [0.15, 0.2) is 0 Å². The highest BCUT2D eigenvalue weighted by Crippen LogP contribution is 2.35. The van der Waals surface area contributed by atoms with E-state index in [-0.39, 0.29) is 12.2 Å². The molecule has 2 aliphatic rings. The topological polar surface area (TPSA) is 32.3 Å². The van der Waals surface area contributed by atoms with Gasteiger partial charge >= 0.3 is 0 Å². The van der Waals surface area contributed by atoms with Crippen LogP contribution in [-0.2, 0) is 4.79 Å². The summed E-state index contributed by atoms with van der Waals surface area (Å²) in [6.07, 6.45) is 9.83. The van der Waals surface area contributed by atoms with Crippen molar-refractivity contribution in [2.75, 3.05) is 12.0 Å². The van der Waals surface area contributed by atoms with E-state index in [1.165, 1.54) is 25.7 Å². The third-order valence-corrected chi connectivity index (χ3v) is 6.09. The van der Waals surface area contributed by atoms with Crippen LogP contribution in [0.2, 0.25) is 0 Å². The minimum atomic E-state index is 0.0392. The van der Waals surface area contributed by atoms with Gasteiger partial charge in [-0.2, -0.15) is 11.8 Å². The molecule has 2 fully saturated rings. The van der Waals surface area contributed by atoms with Crippen molar-refractivity contribution in [2.24, 2.45) is 11.8 Å². The monoisotopic (exact) mass is 312 g/mol. The van der Waals surface area contributed by atoms with Crippen LogP contribution in [0.25, 0.3) is 0 Å². The minimum absolute atomic E-state index is 0.0392. The van der Waals surface area contributed by atoms with Crippen molar-refractivity contribution >= 4 is 17.7 Å². The smallest absolute Gasteiger partial charge is 0.241 e. The van der Waals surface area contributed by atoms with Crippen molar-refractivity contribution in [3.63, 3.8) is 0 Å². The molecule has 4 heteroatoms. The summed E-state index contributed by atoms with van der Waals surface area (Å²) in [5, 5.41) is 3.71. The highest BCUT2D eigenvalue weighted by atomic mass is 32.2. The zero-order valence-electron chi connectivity index (χ0n) is 14.1. The van der Waals surface area contributed by atoms with Gasteiger partial charge in [0.25, 0.3) is 0 Å². The van der Waals surface area contributed by atoms with Crippen LogP contribution < -0.4 is 5.32 Å². The van der Waals surface area contributed by atoms with Gasteiger partial charge in [0.05, 0.1) is 12.2 Å². The number of thioether (sulfide) groups is 1. The van der Waals surface area contributed by atoms with Crippen LogP contribution in [0.1, 0.15) is 59.3 Å². The van der Waals surface area contributed by atoms with Gasteiger partial charge in [0, 0.05) is 6.04 Å². The first kappa shape index (κ1) is 17.1. The Balaban J connectivity index is 2.12. The summed E-state index contributed by atoms with van der Waals surface area (Å²) in [6.45, 7) is 6.62. The number of carbonyl (C=O) groups excluding carboxylic acids is 1. The molecule has 2 rings (SSSR count). The van der Waals surface area contributed by atoms with Crippen molar-refractivity contribution in [3.8, 4) is 0 Å². The third kappa shape index (κ3) is 3.76. The first-order valence-corrected chi connectivity index (χ1v) is 10.1. The molecule has 1 aliphatic carbocycles. The average molecular weight is 313 g/mol. The molecule has 3 nitrogen and oxygen atoms in total. The molecule has 1 amide bonds. The molecular weight excluding hydrogens is 280 g/mol. The highest BCUT2D eigenvalue weighted by molar-refractivity contribution is 7.98. The Morgan fingerprint density at radius 1 is 1.33 bits per heavy atom. The predicted molar refractivity (Wildman–Crippen MR) is 91.4 cm³/mol. The minimum Gasteiger partial charge on any atom is -0.323 e. The van der Waals surface area contributed by atoms with Gasteiger partial charge in [0.2, 0.25) is 5.91 Å². The lowest BCUT2D eigenvalue weighted by Crippen LogP contribution is -2.47. The lowest BCUT2D eigenvalue weighted by molar-refractivity contribution is -0.133. The number of rotatable bonds is 7. The summed E-state index contributed by atoms with van der Waals surface area (Å²) in [7, 11) is 0. The molecule has 122 valence electrons. The van der Waals surface area contributed by atoms with Crippen LogP contribution >= 0.6 is 11.8 Å². The van der Waals surface area contributed by atoms with Gasteiger partial charge in [0.15, 0.2) is 0 Å². The molecule has 1 saturated carbocycles. The average Bonchev–Trinajstić information content (AvgIpc) is 3.11. The van der Waals surface area contributed by atoms with Crippen molar-refractivity contribution < 1.29 is 4.79 Å². The van der Waals surface area contributed by atoms with E-state index in [0.717, 1.165) is 18.6 Å². The Hall–Kier alpha value is -0.220. The summed E-state index contributed by atoms with van der Waals surface area (Å²) in [6, 6.07) is 0.398. The number of amides is 1. The standard InChI is InChI=1S/C17H32N2OS/c1-5-12(2)15-17(20)19(13(3)10-11-21-4)16(18-15)14-8-6-7-9-14/h12-16,18H,5-11H2,1-4H3. The number of hydrogen-bond donors (Lipinski definition) is 1. The Morgan fingerprint density at radius 3 is 2.57 bits per heavy atom. The molecule has 1 heterocycles. The Labute approximate surface area is 134 Å². The van der Waals surface area contributed by atoms with Gasteiger partial charge in [-0.25, -0.2) is 0 Å². The quantitative estimate of drug-likeness (QED) is 0.781. The van der Waals surface area contributed by atoms with Gasteiger partial charge < -0.3 is 4.90 Å². The summed E-state index contributed by atoms with van der Waals surface area (Å²) in [5.74, 6) is 2.59. The summed E-state index contributed by atoms with van der Waals surface area (Å²) < 4.78 is 0. The highest BCUT2D eigenvalue weighted by Gasteiger charge is 2.46. The van der Waals surface area contributed by atoms with Gasteiger partial charge in [0.1, 0.15) is 0 Å². The fourth-order valence-corrected chi connectivity index (χ4v) is 4.41. The van der Waals surface area contributed by atoms with E-state index in [1.54, 1.807) is 0 Å². The number of nitrogens with one attached hydrogen (secondary N) is 1. The van der Waals surface area contributed by atoms with Crippen molar-refractivity contribution in [2.45, 2.75) is 77.5 Å². The number of carbonyl (C=O) groups is 1. The SMILES string of the molecule is CCC(C)C1NC(C2CCCC2)N(C(C)CCSC)C1=O. The van der Waals surface area contributed by atoms with Crippen LogP contribution in [0.3, 0.4) is 0 Å². The van der Waals surface area contributed by atoms with Crippen LogP contribution in [0.5, 0.6) is 0 Å². The molecule has 0 spiro atoms. The second kappa shape index (κ2) is 7.87. The fraction of sp³-hybridized carbons (Fsp3) is 0.941. The zero-order chi connectivity index (χ0) is 15.4. The summed E-state index contributed by atoms with van der Waals surface area (Å²) >= 11 is 1.88. The van der Waals surface area contributed by atoms with E-state index in [0.29, 0.717) is 23.8 Å². The molecule has 1 aliphatic heterocycles. The lowest BCUT2D eigenvalue weighted by Gasteiger charge is -2.34. The first-order chi connectivity index (χ1) is 10.1. The Bertz CT molecular complexity index is 344. The van der Waals surface area contributed by atoms with E-state index in [9.17, 15) is 4.79 Å². The summed E-state index contributed by atoms with van der Waals surface area (Å²) in [4.78, 5) is 15.1. The molecule has 4 atom stereocenters. The molecule has 0 radical (unpaired) electrons. The molecule has 0 aromatic rings. The van der Waals surface area contributed by atoms with E-state index in [1.807, 2.05) is 11.8 Å². The van der Waals surface area contributed by atoms with Gasteiger partial charge in [-0.1, -0.05) is 33.1 Å². The van der Waals surface area contributed by atoms with Crippen molar-refractivity contribution in [1.82, 2.24) is 10.2 Å². The van der Waals surface area contributed by atoms with E-state index in [2.05, 4.69) is 37.2 Å². The largest absolute Gasteiger partial charge is 0.323 e. The van der Waals surface area contributed by atoms with E-state index < -0.39 is 0 Å². The van der Waals surface area contributed by atoms with E-state index >= 15 is 0 Å². The molecule has 0 aromatic heterocycles. The first-order valence-electron chi connectivity index (χ1n) is 8.67. The fourth-order valence-electron chi connectivity index (χ4n) is 3.83. The second-order valence-electron chi connectivity index (χ2n) is 6.90. The Morgan fingerprint density at radius 2 is 2.00 bits per heavy atom. The normalized spacial score (nSPS) is 30.1. The van der Waals surface area contributed by atoms with Crippen LogP contribution in [-0.4, -0.2) is 41.1 Å². The molecule has 0 bridgehead atoms. The third-order valence-electron chi connectivity index (χ3n) is 5.44. The van der Waals surface area contributed by atoms with Gasteiger partial charge in [-0.15, -0.1) is 0 Å². The van der Waals surface area contributed by atoms with E-state index in [4.69, 9.17) is 0 Å². The van der Waals surface area contributed by atoms with Crippen molar-refractivity contribution in [1.29, 1.82) is 0 Å². The molecule has 1 N–H and O–H groups in total. The zero-order valence-corrected chi connectivity index (χ0v) is 14.9. The lowest BCUT2D eigenvalue weighted by atomic mass is 9.99. The summed E-state index contributed by atoms with van der Waals surface area (Å²) in [5.41, 5.74) is 0. The Kier molecular flexibility index (Phi) is 6.42. The predicted octanol–water partition coefficient (Wildman–Crippen LogP) is 3.49. The number of nitrogens with zero attached hydrogens (tertiary/aromatic N) is 1. The van der Waals surface area contributed by atoms with Gasteiger partial charge in [-0.3, -0.25) is 10.1 Å². The molecule has 1 saturated heterocycles. The maximum absolute atomic E-state index is 12.9. The van der Waals surface area contributed by atoms with Crippen molar-refractivity contribution in [3.05, 3.63) is 0 Å². The molecular formula is C17H32N2OS. The van der Waals surface area contributed by atoms with Crippen LogP contribution in [0.4, 0.5) is 0 Å². The molecule has 21 heavy (non-hydrogen) atoms. The second-order valence-corrected chi connectivity index (χ2v) is 7.88. The maximum atomic E-state index is 12.9. The molecule has 4 unspecified atom stereocenters. The number of hydrogen-bond acceptors (Lipinski definition) is 3.